The van der Waals surface area contributed by atoms with Crippen molar-refractivity contribution in [3.63, 3.8) is 0 Å². The molecular formula is C94H61BrN8. The number of aromatic amines is 1. The molecule has 0 aliphatic heterocycles. The summed E-state index contributed by atoms with van der Waals surface area (Å²) < 4.78 is 12.8. The van der Waals surface area contributed by atoms with Crippen molar-refractivity contribution in [3.05, 3.63) is 369 Å². The van der Waals surface area contributed by atoms with Gasteiger partial charge < -0.3 is 18.7 Å². The third kappa shape index (κ3) is 9.80. The minimum Gasteiger partial charge on any atom is -0.354 e. The first-order chi connectivity index (χ1) is 51.1. The Labute approximate surface area is 600 Å². The Morgan fingerprint density at radius 2 is 0.563 bits per heavy atom. The largest absolute Gasteiger partial charge is 0.354 e. The zero-order valence-electron chi connectivity index (χ0n) is 55.6. The number of rotatable bonds is 7. The second kappa shape index (κ2) is 24.5. The second-order valence-corrected chi connectivity index (χ2v) is 27.2. The van der Waals surface area contributed by atoms with Gasteiger partial charge in [-0.15, -0.1) is 0 Å². The standard InChI is InChI=1S/C47H30N4.C30H20N2.C17H11BrN2/c1-2-12-31(13-3-1)32-23-25-33(26-24-32)49-41-21-8-5-17-38(41)45-43(49)27-28-44-46(45)39-18-6-9-22-42(39)50(44)34-14-10-15-35(30-34)51-40-20-7-4-16-36(40)37-19-11-29-48-47(37)51;1-2-8-20(9-3-1)21-14-16-22(17-15-21)32-27-13-7-5-11-24(27)30-28(32)19-18-26-29(30)23-10-4-6-12-25(23)31-26;18-12-5-3-6-13(11-12)20-16-9-2-1-7-14(16)15-8-4-10-19-17(15)20/h1-30H;1-19,31H;1-11H. The van der Waals surface area contributed by atoms with Crippen LogP contribution in [-0.2, 0) is 0 Å². The van der Waals surface area contributed by atoms with Crippen molar-refractivity contribution in [2.24, 2.45) is 0 Å². The van der Waals surface area contributed by atoms with Crippen LogP contribution in [-0.4, -0.2) is 37.8 Å². The lowest BCUT2D eigenvalue weighted by molar-refractivity contribution is 1.11. The number of nitrogens with one attached hydrogen (secondary N) is 1. The third-order valence-electron chi connectivity index (χ3n) is 20.5. The topological polar surface area (TPSA) is 66.2 Å². The van der Waals surface area contributed by atoms with Crippen molar-refractivity contribution in [1.29, 1.82) is 0 Å². The second-order valence-electron chi connectivity index (χ2n) is 26.2. The average Bonchev–Trinajstić information content (AvgIpc) is 1.55. The van der Waals surface area contributed by atoms with E-state index in [0.29, 0.717) is 0 Å². The molecule has 8 nitrogen and oxygen atoms in total. The molecule has 0 spiro atoms. The zero-order chi connectivity index (χ0) is 68.1. The van der Waals surface area contributed by atoms with Crippen LogP contribution in [0.25, 0.3) is 182 Å². The van der Waals surface area contributed by atoms with Gasteiger partial charge in [-0.05, 0) is 168 Å². The van der Waals surface area contributed by atoms with Crippen molar-refractivity contribution in [2.75, 3.05) is 0 Å². The third-order valence-corrected chi connectivity index (χ3v) is 21.0. The summed E-state index contributed by atoms with van der Waals surface area (Å²) in [7, 11) is 0. The van der Waals surface area contributed by atoms with Gasteiger partial charge in [0.1, 0.15) is 11.3 Å². The van der Waals surface area contributed by atoms with Gasteiger partial charge in [-0.3, -0.25) is 9.13 Å². The average molecular weight is 1380 g/mol. The van der Waals surface area contributed by atoms with E-state index >= 15 is 0 Å². The van der Waals surface area contributed by atoms with Crippen LogP contribution in [0.1, 0.15) is 0 Å². The number of halogens is 1. The van der Waals surface area contributed by atoms with Gasteiger partial charge in [0, 0.05) is 121 Å². The first kappa shape index (κ1) is 59.7. The number of hydrogen-bond donors (Lipinski definition) is 1. The van der Waals surface area contributed by atoms with Crippen LogP contribution < -0.4 is 0 Å². The van der Waals surface area contributed by atoms with E-state index < -0.39 is 0 Å². The summed E-state index contributed by atoms with van der Waals surface area (Å²) >= 11 is 3.54. The van der Waals surface area contributed by atoms with Gasteiger partial charge in [0.25, 0.3) is 0 Å². The maximum Gasteiger partial charge on any atom is 0.145 e. The smallest absolute Gasteiger partial charge is 0.145 e. The van der Waals surface area contributed by atoms with Gasteiger partial charge in [0.05, 0.1) is 44.1 Å². The highest BCUT2D eigenvalue weighted by Gasteiger charge is 2.23. The molecule has 9 heteroatoms. The molecule has 103 heavy (non-hydrogen) atoms. The molecule has 22 aromatic rings. The van der Waals surface area contributed by atoms with E-state index in [1.165, 1.54) is 137 Å². The van der Waals surface area contributed by atoms with Crippen molar-refractivity contribution in [2.45, 2.75) is 0 Å². The van der Waals surface area contributed by atoms with E-state index in [2.05, 4.69) is 376 Å². The molecule has 0 amide bonds. The molecule has 0 saturated heterocycles. The van der Waals surface area contributed by atoms with Crippen molar-refractivity contribution < 1.29 is 0 Å². The van der Waals surface area contributed by atoms with E-state index in [1.807, 2.05) is 36.7 Å². The lowest BCUT2D eigenvalue weighted by Gasteiger charge is -2.12. The van der Waals surface area contributed by atoms with Crippen molar-refractivity contribution in [1.82, 2.24) is 37.8 Å². The predicted octanol–water partition coefficient (Wildman–Crippen LogP) is 25.1. The molecule has 0 radical (unpaired) electrons. The lowest BCUT2D eigenvalue weighted by atomic mass is 10.1. The van der Waals surface area contributed by atoms with Crippen LogP contribution in [0.5, 0.6) is 0 Å². The molecule has 1 N–H and O–H groups in total. The number of benzene rings is 14. The Bertz CT molecular complexity index is 6950. The van der Waals surface area contributed by atoms with Gasteiger partial charge in [-0.1, -0.05) is 222 Å². The van der Waals surface area contributed by atoms with Gasteiger partial charge in [0.2, 0.25) is 0 Å². The first-order valence-corrected chi connectivity index (χ1v) is 35.6. The molecule has 0 aliphatic rings. The normalized spacial score (nSPS) is 11.7. The number of para-hydroxylation sites is 6. The zero-order valence-corrected chi connectivity index (χ0v) is 57.2. The fourth-order valence-electron chi connectivity index (χ4n) is 16.1. The maximum absolute atomic E-state index is 4.85. The Morgan fingerprint density at radius 3 is 1.04 bits per heavy atom. The number of pyridine rings is 2. The Morgan fingerprint density at radius 1 is 0.214 bits per heavy atom. The molecule has 484 valence electrons. The van der Waals surface area contributed by atoms with Crippen molar-refractivity contribution >= 4 is 147 Å². The predicted molar refractivity (Wildman–Crippen MR) is 435 cm³/mol. The summed E-state index contributed by atoms with van der Waals surface area (Å²) in [5, 5.41) is 15.0. The maximum atomic E-state index is 4.85. The van der Waals surface area contributed by atoms with E-state index in [0.717, 1.165) is 49.4 Å². The summed E-state index contributed by atoms with van der Waals surface area (Å²) in [4.78, 5) is 13.0. The SMILES string of the molecule is Brc1cccc(-n2c3ccccc3c3cccnc32)c1.c1ccc(-c2ccc(-n3c4ccccc4c4c5c(ccc43)[nH]c3ccccc35)cc2)cc1.c1ccc(-c2ccc(-n3c4ccccc4c4c5c6ccccc6n(-c6cccc(-n7c8ccccc8c8cccnc87)c6)c5ccc43)cc2)cc1. The van der Waals surface area contributed by atoms with Gasteiger partial charge in [-0.25, -0.2) is 9.97 Å². The molecule has 0 aliphatic carbocycles. The fraction of sp³-hybridized carbons (Fsp3) is 0. The molecule has 22 rings (SSSR count). The Hall–Kier alpha value is -13.3. The number of H-pyrrole nitrogens is 1. The van der Waals surface area contributed by atoms with E-state index in [-0.39, 0.29) is 0 Å². The minimum absolute atomic E-state index is 0.962. The van der Waals surface area contributed by atoms with E-state index in [1.54, 1.807) is 0 Å². The molecule has 8 heterocycles. The van der Waals surface area contributed by atoms with Crippen LogP contribution in [0, 0.1) is 0 Å². The first-order valence-electron chi connectivity index (χ1n) is 34.8. The van der Waals surface area contributed by atoms with Crippen LogP contribution in [0.3, 0.4) is 0 Å². The van der Waals surface area contributed by atoms with E-state index in [9.17, 15) is 0 Å². The molecular weight excluding hydrogens is 1320 g/mol. The molecule has 0 bridgehead atoms. The highest BCUT2D eigenvalue weighted by Crippen LogP contribution is 2.45. The summed E-state index contributed by atoms with van der Waals surface area (Å²) in [5.41, 5.74) is 24.4. The highest BCUT2D eigenvalue weighted by molar-refractivity contribution is 9.10. The molecule has 0 fully saturated rings. The molecule has 14 aromatic carbocycles. The quantitative estimate of drug-likeness (QED) is 0.173. The number of nitrogens with zero attached hydrogens (tertiary/aromatic N) is 7. The summed E-state index contributed by atoms with van der Waals surface area (Å²) in [5.74, 6) is 0. The summed E-state index contributed by atoms with van der Waals surface area (Å²) in [6.45, 7) is 0. The van der Waals surface area contributed by atoms with Crippen LogP contribution >= 0.6 is 15.9 Å². The summed E-state index contributed by atoms with van der Waals surface area (Å²) in [6.07, 6.45) is 3.73. The van der Waals surface area contributed by atoms with E-state index in [4.69, 9.17) is 4.98 Å². The number of aromatic nitrogens is 8. The number of hydrogen-bond acceptors (Lipinski definition) is 2. The van der Waals surface area contributed by atoms with Gasteiger partial charge >= 0.3 is 0 Å². The van der Waals surface area contributed by atoms with Crippen LogP contribution in [0.4, 0.5) is 0 Å². The minimum atomic E-state index is 0.962. The Kier molecular flexibility index (Phi) is 14.2. The number of fused-ring (bicyclic) bond motifs is 20. The fourth-order valence-corrected chi connectivity index (χ4v) is 16.5. The summed E-state index contributed by atoms with van der Waals surface area (Å²) in [6, 6.07) is 125. The highest BCUT2D eigenvalue weighted by atomic mass is 79.9. The van der Waals surface area contributed by atoms with Crippen molar-refractivity contribution in [3.8, 4) is 50.7 Å². The lowest BCUT2D eigenvalue weighted by Crippen LogP contribution is -1.99. The molecule has 0 atom stereocenters. The molecule has 8 aromatic heterocycles. The van der Waals surface area contributed by atoms with Gasteiger partial charge in [0.15, 0.2) is 0 Å². The molecule has 0 unspecified atom stereocenters. The Balaban J connectivity index is 0.000000115. The van der Waals surface area contributed by atoms with Gasteiger partial charge in [-0.2, -0.15) is 0 Å². The van der Waals surface area contributed by atoms with Crippen LogP contribution in [0.2, 0.25) is 0 Å². The monoisotopic (exact) mass is 1380 g/mol. The molecule has 0 saturated carbocycles. The van der Waals surface area contributed by atoms with Crippen LogP contribution in [0.15, 0.2) is 369 Å².